The smallest absolute Gasteiger partial charge is 0.149 e. The fraction of sp³-hybridized carbons (Fsp3) is 0.714. The molecule has 1 aliphatic heterocycles. The molecule has 0 bridgehead atoms. The largest absolute Gasteiger partial charge is 0.276 e. The quantitative estimate of drug-likeness (QED) is 0.675. The van der Waals surface area contributed by atoms with Crippen molar-refractivity contribution < 1.29 is 0 Å². The zero-order valence-corrected chi connectivity index (χ0v) is 10.9. The van der Waals surface area contributed by atoms with Crippen LogP contribution in [0.3, 0.4) is 0 Å². The molecule has 1 fully saturated rings. The Hall–Kier alpha value is -0.630. The van der Waals surface area contributed by atoms with Crippen molar-refractivity contribution in [2.75, 3.05) is 0 Å². The Morgan fingerprint density at radius 1 is 1.00 bits per heavy atom. The van der Waals surface area contributed by atoms with Gasteiger partial charge < -0.3 is 0 Å². The van der Waals surface area contributed by atoms with Crippen molar-refractivity contribution in [3.05, 3.63) is 11.6 Å². The summed E-state index contributed by atoms with van der Waals surface area (Å²) in [6.45, 7) is 0. The Kier molecular flexibility index (Phi) is 3.32. The van der Waals surface area contributed by atoms with Gasteiger partial charge in [0.1, 0.15) is 5.17 Å². The van der Waals surface area contributed by atoms with Crippen LogP contribution in [0.5, 0.6) is 0 Å². The van der Waals surface area contributed by atoms with Crippen molar-refractivity contribution in [3.63, 3.8) is 0 Å². The maximum absolute atomic E-state index is 6.31. The van der Waals surface area contributed by atoms with E-state index in [0.717, 1.165) is 18.6 Å². The molecule has 1 saturated carbocycles. The van der Waals surface area contributed by atoms with Gasteiger partial charge in [0.25, 0.3) is 0 Å². The van der Waals surface area contributed by atoms with Crippen LogP contribution in [0.15, 0.2) is 21.6 Å². The predicted molar refractivity (Wildman–Crippen MR) is 73.3 cm³/mol. The summed E-state index contributed by atoms with van der Waals surface area (Å²) in [7, 11) is 0. The number of hydrogen-bond acceptors (Lipinski definition) is 2. The number of hydrogen-bond donors (Lipinski definition) is 0. The van der Waals surface area contributed by atoms with Gasteiger partial charge in [-0.2, -0.15) is 0 Å². The molecule has 3 aliphatic rings. The number of aliphatic imine (C=N–C) groups is 2. The van der Waals surface area contributed by atoms with Crippen LogP contribution in [0, 0.1) is 0 Å². The minimum Gasteiger partial charge on any atom is -0.276 e. The van der Waals surface area contributed by atoms with Gasteiger partial charge in [0, 0.05) is 0 Å². The Labute approximate surface area is 108 Å². The highest BCUT2D eigenvalue weighted by atomic mass is 35.5. The van der Waals surface area contributed by atoms with Crippen molar-refractivity contribution in [3.8, 4) is 0 Å². The van der Waals surface area contributed by atoms with Crippen molar-refractivity contribution >= 4 is 22.5 Å². The molecule has 1 heterocycles. The minimum absolute atomic E-state index is 0.365. The topological polar surface area (TPSA) is 24.7 Å². The zero-order valence-electron chi connectivity index (χ0n) is 10.2. The number of fused-ring (bicyclic) bond motifs is 1. The molecule has 0 spiro atoms. The Bertz CT molecular complexity index is 395. The fourth-order valence-corrected chi connectivity index (χ4v) is 3.38. The highest BCUT2D eigenvalue weighted by molar-refractivity contribution is 6.86. The molecule has 0 aromatic rings. The number of halogens is 1. The second-order valence-corrected chi connectivity index (χ2v) is 5.65. The maximum atomic E-state index is 6.31. The predicted octanol–water partition coefficient (Wildman–Crippen LogP) is 3.89. The van der Waals surface area contributed by atoms with Crippen LogP contribution in [-0.4, -0.2) is 23.0 Å². The molecule has 17 heavy (non-hydrogen) atoms. The first-order chi connectivity index (χ1) is 8.34. The Morgan fingerprint density at radius 2 is 1.76 bits per heavy atom. The molecular weight excluding hydrogens is 232 g/mol. The van der Waals surface area contributed by atoms with Crippen LogP contribution in [0.4, 0.5) is 0 Å². The van der Waals surface area contributed by atoms with Crippen molar-refractivity contribution in [1.82, 2.24) is 0 Å². The van der Waals surface area contributed by atoms with E-state index in [1.165, 1.54) is 44.1 Å². The summed E-state index contributed by atoms with van der Waals surface area (Å²) in [6, 6.07) is 0.772. The van der Waals surface area contributed by atoms with Crippen LogP contribution in [0.1, 0.15) is 51.4 Å². The van der Waals surface area contributed by atoms with Crippen molar-refractivity contribution in [2.45, 2.75) is 63.5 Å². The lowest BCUT2D eigenvalue weighted by atomic mass is 9.88. The molecule has 0 aromatic heterocycles. The molecule has 0 amide bonds. The van der Waals surface area contributed by atoms with Gasteiger partial charge in [-0.1, -0.05) is 30.5 Å². The average Bonchev–Trinajstić information content (AvgIpc) is 2.39. The highest BCUT2D eigenvalue weighted by Crippen LogP contribution is 2.30. The molecule has 0 N–H and O–H groups in total. The average molecular weight is 251 g/mol. The molecule has 0 radical (unpaired) electrons. The first kappa shape index (κ1) is 11.5. The molecule has 0 aromatic carbocycles. The molecule has 3 rings (SSSR count). The summed E-state index contributed by atoms with van der Waals surface area (Å²) in [5, 5.41) is 0.668. The van der Waals surface area contributed by atoms with E-state index < -0.39 is 0 Å². The molecule has 2 aliphatic carbocycles. The van der Waals surface area contributed by atoms with Gasteiger partial charge in [-0.3, -0.25) is 9.98 Å². The third-order valence-corrected chi connectivity index (χ3v) is 4.34. The molecule has 2 unspecified atom stereocenters. The lowest BCUT2D eigenvalue weighted by Crippen LogP contribution is -2.34. The second kappa shape index (κ2) is 4.93. The normalized spacial score (nSPS) is 33.4. The van der Waals surface area contributed by atoms with E-state index in [0.29, 0.717) is 17.3 Å². The van der Waals surface area contributed by atoms with E-state index >= 15 is 0 Å². The summed E-state index contributed by atoms with van der Waals surface area (Å²) in [4.78, 5) is 9.57. The van der Waals surface area contributed by atoms with Crippen LogP contribution >= 0.6 is 11.6 Å². The third-order valence-electron chi connectivity index (χ3n) is 4.06. The van der Waals surface area contributed by atoms with Crippen molar-refractivity contribution in [1.29, 1.82) is 0 Å². The minimum atomic E-state index is 0.365. The molecular formula is C14H19ClN2. The van der Waals surface area contributed by atoms with Crippen molar-refractivity contribution in [2.24, 2.45) is 9.98 Å². The SMILES string of the molecule is ClC1=NC2CCCCC2N=C1C1=CCCCC1. The summed E-state index contributed by atoms with van der Waals surface area (Å²) < 4.78 is 0. The van der Waals surface area contributed by atoms with Gasteiger partial charge >= 0.3 is 0 Å². The van der Waals surface area contributed by atoms with E-state index in [4.69, 9.17) is 16.6 Å². The Balaban J connectivity index is 1.86. The van der Waals surface area contributed by atoms with Gasteiger partial charge in [0.15, 0.2) is 0 Å². The Morgan fingerprint density at radius 3 is 2.47 bits per heavy atom. The molecule has 0 saturated heterocycles. The highest BCUT2D eigenvalue weighted by Gasteiger charge is 2.30. The van der Waals surface area contributed by atoms with E-state index in [9.17, 15) is 0 Å². The lowest BCUT2D eigenvalue weighted by Gasteiger charge is -2.30. The molecule has 2 atom stereocenters. The summed E-state index contributed by atoms with van der Waals surface area (Å²) in [5.74, 6) is 0. The third kappa shape index (κ3) is 2.33. The van der Waals surface area contributed by atoms with E-state index in [1.807, 2.05) is 0 Å². The lowest BCUT2D eigenvalue weighted by molar-refractivity contribution is 0.386. The van der Waals surface area contributed by atoms with Gasteiger partial charge in [-0.05, 0) is 44.1 Å². The molecule has 3 heteroatoms. The number of rotatable bonds is 1. The van der Waals surface area contributed by atoms with E-state index in [2.05, 4.69) is 11.1 Å². The van der Waals surface area contributed by atoms with Crippen LogP contribution < -0.4 is 0 Å². The second-order valence-electron chi connectivity index (χ2n) is 5.29. The van der Waals surface area contributed by atoms with Gasteiger partial charge in [0.05, 0.1) is 17.8 Å². The zero-order chi connectivity index (χ0) is 11.7. The fourth-order valence-electron chi connectivity index (χ4n) is 3.09. The number of allylic oxidation sites excluding steroid dienone is 2. The summed E-state index contributed by atoms with van der Waals surface area (Å²) in [5.41, 5.74) is 2.35. The maximum Gasteiger partial charge on any atom is 0.149 e. The summed E-state index contributed by atoms with van der Waals surface area (Å²) in [6.07, 6.45) is 12.1. The molecule has 92 valence electrons. The van der Waals surface area contributed by atoms with Crippen LogP contribution in [0.2, 0.25) is 0 Å². The molecule has 2 nitrogen and oxygen atoms in total. The van der Waals surface area contributed by atoms with Gasteiger partial charge in [-0.15, -0.1) is 0 Å². The van der Waals surface area contributed by atoms with Gasteiger partial charge in [0.2, 0.25) is 0 Å². The first-order valence-corrected chi connectivity index (χ1v) is 7.23. The number of nitrogens with zero attached hydrogens (tertiary/aromatic N) is 2. The summed E-state index contributed by atoms with van der Waals surface area (Å²) >= 11 is 6.31. The van der Waals surface area contributed by atoms with E-state index in [1.54, 1.807) is 0 Å². The standard InChI is InChI=1S/C14H19ClN2/c15-14-13(10-6-2-1-3-7-10)16-11-8-4-5-9-12(11)17-14/h6,11-12H,1-5,7-9H2. The van der Waals surface area contributed by atoms with Crippen LogP contribution in [0.25, 0.3) is 0 Å². The van der Waals surface area contributed by atoms with E-state index in [-0.39, 0.29) is 0 Å². The monoisotopic (exact) mass is 250 g/mol. The van der Waals surface area contributed by atoms with Crippen LogP contribution in [-0.2, 0) is 0 Å². The first-order valence-electron chi connectivity index (χ1n) is 6.85. The van der Waals surface area contributed by atoms with Gasteiger partial charge in [-0.25, -0.2) is 0 Å².